The van der Waals surface area contributed by atoms with Crippen LogP contribution < -0.4 is 10.5 Å². The Morgan fingerprint density at radius 2 is 2.21 bits per heavy atom. The summed E-state index contributed by atoms with van der Waals surface area (Å²) < 4.78 is 5.70. The lowest BCUT2D eigenvalue weighted by molar-refractivity contribution is -0.138. The van der Waals surface area contributed by atoms with Crippen LogP contribution in [0, 0.1) is 5.92 Å². The van der Waals surface area contributed by atoms with Crippen molar-refractivity contribution < 1.29 is 14.6 Å². The number of carboxylic acid groups (broad SMARTS) is 1. The molecular weight excluding hydrogens is 266 g/mol. The molecule has 104 valence electrons. The van der Waals surface area contributed by atoms with Gasteiger partial charge in [-0.2, -0.15) is 0 Å². The Bertz CT molecular complexity index is 460. The molecule has 0 radical (unpaired) electrons. The number of ether oxygens (including phenoxy) is 1. The number of carbonyl (C=O) groups is 1. The van der Waals surface area contributed by atoms with Crippen molar-refractivity contribution in [3.63, 3.8) is 0 Å². The van der Waals surface area contributed by atoms with E-state index in [2.05, 4.69) is 0 Å². The molecule has 19 heavy (non-hydrogen) atoms. The van der Waals surface area contributed by atoms with E-state index in [4.69, 9.17) is 27.2 Å². The van der Waals surface area contributed by atoms with E-state index in [9.17, 15) is 4.79 Å². The summed E-state index contributed by atoms with van der Waals surface area (Å²) in [5.41, 5.74) is 6.30. The molecule has 4 nitrogen and oxygen atoms in total. The molecule has 3 N–H and O–H groups in total. The van der Waals surface area contributed by atoms with Crippen LogP contribution in [0.3, 0.4) is 0 Å². The van der Waals surface area contributed by atoms with Crippen molar-refractivity contribution >= 4 is 17.6 Å². The van der Waals surface area contributed by atoms with Crippen molar-refractivity contribution in [1.82, 2.24) is 0 Å². The summed E-state index contributed by atoms with van der Waals surface area (Å²) in [7, 11) is 0. The number of rotatable bonds is 6. The number of hydrogen-bond donors (Lipinski definition) is 2. The fraction of sp³-hybridized carbons (Fsp3) is 0.500. The van der Waals surface area contributed by atoms with Gasteiger partial charge in [-0.25, -0.2) is 0 Å². The highest BCUT2D eigenvalue weighted by Gasteiger charge is 2.18. The van der Waals surface area contributed by atoms with Gasteiger partial charge in [0.15, 0.2) is 0 Å². The fourth-order valence-electron chi connectivity index (χ4n) is 2.04. The molecule has 1 aromatic rings. The molecule has 5 heteroatoms. The average molecular weight is 284 g/mol. The molecule has 0 amide bonds. The molecule has 0 spiro atoms. The summed E-state index contributed by atoms with van der Waals surface area (Å²) in [5.74, 6) is 0.313. The van der Waals surface area contributed by atoms with Gasteiger partial charge in [0.2, 0.25) is 0 Å². The third-order valence-corrected chi connectivity index (χ3v) is 3.63. The quantitative estimate of drug-likeness (QED) is 0.841. The van der Waals surface area contributed by atoms with Crippen molar-refractivity contribution in [2.45, 2.75) is 31.7 Å². The zero-order valence-electron chi connectivity index (χ0n) is 10.6. The lowest BCUT2D eigenvalue weighted by Crippen LogP contribution is -2.32. The van der Waals surface area contributed by atoms with Gasteiger partial charge in [-0.05, 0) is 48.9 Å². The number of halogens is 1. The highest BCUT2D eigenvalue weighted by molar-refractivity contribution is 6.30. The number of hydrogen-bond acceptors (Lipinski definition) is 3. The van der Waals surface area contributed by atoms with Gasteiger partial charge < -0.3 is 15.6 Å². The first-order valence-electron chi connectivity index (χ1n) is 6.45. The van der Waals surface area contributed by atoms with Gasteiger partial charge in [-0.3, -0.25) is 4.79 Å². The standard InChI is InChI=1S/C14H18ClNO3/c15-11-4-10(6-13(16)14(17)18)5-12(7-11)19-8-9-2-1-3-9/h4-5,7,9,13H,1-3,6,8,16H2,(H,17,18). The average Bonchev–Trinajstić information content (AvgIpc) is 2.25. The van der Waals surface area contributed by atoms with Crippen LogP contribution >= 0.6 is 11.6 Å². The van der Waals surface area contributed by atoms with Crippen molar-refractivity contribution in [2.75, 3.05) is 6.61 Å². The fourth-order valence-corrected chi connectivity index (χ4v) is 2.28. The van der Waals surface area contributed by atoms with Crippen LogP contribution in [0.25, 0.3) is 0 Å². The second-order valence-electron chi connectivity index (χ2n) is 5.05. The molecule has 1 fully saturated rings. The molecule has 2 rings (SSSR count). The van der Waals surface area contributed by atoms with E-state index in [1.807, 2.05) is 6.07 Å². The predicted molar refractivity (Wildman–Crippen MR) is 73.6 cm³/mol. The Kier molecular flexibility index (Phi) is 4.66. The minimum Gasteiger partial charge on any atom is -0.493 e. The third kappa shape index (κ3) is 4.11. The zero-order valence-corrected chi connectivity index (χ0v) is 11.4. The number of nitrogens with two attached hydrogens (primary N) is 1. The van der Waals surface area contributed by atoms with Gasteiger partial charge in [-0.15, -0.1) is 0 Å². The number of aliphatic carboxylic acids is 1. The second kappa shape index (κ2) is 6.26. The molecule has 1 unspecified atom stereocenters. The van der Waals surface area contributed by atoms with Crippen LogP contribution in [0.5, 0.6) is 5.75 Å². The Hall–Kier alpha value is -1.26. The van der Waals surface area contributed by atoms with Crippen molar-refractivity contribution in [2.24, 2.45) is 11.7 Å². The Balaban J connectivity index is 1.99. The molecule has 1 atom stereocenters. The monoisotopic (exact) mass is 283 g/mol. The first-order chi connectivity index (χ1) is 9.04. The maximum atomic E-state index is 10.7. The summed E-state index contributed by atoms with van der Waals surface area (Å²) in [5, 5.41) is 9.35. The van der Waals surface area contributed by atoms with Gasteiger partial charge >= 0.3 is 5.97 Å². The van der Waals surface area contributed by atoms with Crippen LogP contribution in [-0.2, 0) is 11.2 Å². The van der Waals surface area contributed by atoms with Crippen molar-refractivity contribution in [3.05, 3.63) is 28.8 Å². The first-order valence-corrected chi connectivity index (χ1v) is 6.83. The van der Waals surface area contributed by atoms with Crippen LogP contribution in [0.2, 0.25) is 5.02 Å². The van der Waals surface area contributed by atoms with Gasteiger partial charge in [-0.1, -0.05) is 18.0 Å². The van der Waals surface area contributed by atoms with Crippen LogP contribution in [-0.4, -0.2) is 23.7 Å². The minimum atomic E-state index is -1.02. The summed E-state index contributed by atoms with van der Waals surface area (Å²) >= 11 is 6.01. The lowest BCUT2D eigenvalue weighted by Gasteiger charge is -2.25. The third-order valence-electron chi connectivity index (χ3n) is 3.41. The van der Waals surface area contributed by atoms with E-state index in [1.165, 1.54) is 19.3 Å². The van der Waals surface area contributed by atoms with E-state index in [1.54, 1.807) is 12.1 Å². The van der Waals surface area contributed by atoms with E-state index >= 15 is 0 Å². The number of benzene rings is 1. The predicted octanol–water partition coefficient (Wildman–Crippen LogP) is 2.47. The Morgan fingerprint density at radius 1 is 1.47 bits per heavy atom. The SMILES string of the molecule is NC(Cc1cc(Cl)cc(OCC2CCC2)c1)C(=O)O. The summed E-state index contributed by atoms with van der Waals surface area (Å²) in [4.78, 5) is 10.7. The maximum Gasteiger partial charge on any atom is 0.320 e. The van der Waals surface area contributed by atoms with Crippen molar-refractivity contribution in [1.29, 1.82) is 0 Å². The van der Waals surface area contributed by atoms with E-state index < -0.39 is 12.0 Å². The van der Waals surface area contributed by atoms with Gasteiger partial charge in [0.1, 0.15) is 11.8 Å². The molecule has 0 aromatic heterocycles. The molecule has 1 aliphatic rings. The first kappa shape index (κ1) is 14.2. The van der Waals surface area contributed by atoms with Gasteiger partial charge in [0.05, 0.1) is 6.61 Å². The molecule has 0 aliphatic heterocycles. The molecule has 1 aromatic carbocycles. The van der Waals surface area contributed by atoms with Crippen LogP contribution in [0.4, 0.5) is 0 Å². The lowest BCUT2D eigenvalue weighted by atomic mass is 9.86. The Labute approximate surface area is 117 Å². The number of carboxylic acids is 1. The van der Waals surface area contributed by atoms with Crippen LogP contribution in [0.15, 0.2) is 18.2 Å². The zero-order chi connectivity index (χ0) is 13.8. The maximum absolute atomic E-state index is 10.7. The van der Waals surface area contributed by atoms with Gasteiger partial charge in [0, 0.05) is 5.02 Å². The molecule has 0 bridgehead atoms. The molecule has 0 heterocycles. The molecule has 0 saturated heterocycles. The van der Waals surface area contributed by atoms with E-state index in [0.29, 0.717) is 23.3 Å². The largest absolute Gasteiger partial charge is 0.493 e. The smallest absolute Gasteiger partial charge is 0.320 e. The summed E-state index contributed by atoms with van der Waals surface area (Å²) in [6, 6.07) is 4.36. The second-order valence-corrected chi connectivity index (χ2v) is 5.49. The topological polar surface area (TPSA) is 72.5 Å². The highest BCUT2D eigenvalue weighted by atomic mass is 35.5. The van der Waals surface area contributed by atoms with E-state index in [-0.39, 0.29) is 6.42 Å². The Morgan fingerprint density at radius 3 is 2.79 bits per heavy atom. The summed E-state index contributed by atoms with van der Waals surface area (Å²) in [6.45, 7) is 0.699. The van der Waals surface area contributed by atoms with Crippen LogP contribution in [0.1, 0.15) is 24.8 Å². The highest BCUT2D eigenvalue weighted by Crippen LogP contribution is 2.28. The van der Waals surface area contributed by atoms with Gasteiger partial charge in [0.25, 0.3) is 0 Å². The molecule has 1 aliphatic carbocycles. The molecule has 1 saturated carbocycles. The van der Waals surface area contributed by atoms with Crippen molar-refractivity contribution in [3.8, 4) is 5.75 Å². The normalized spacial score (nSPS) is 16.7. The summed E-state index contributed by atoms with van der Waals surface area (Å²) in [6.07, 6.45) is 3.96. The molecular formula is C14H18ClNO3. The minimum absolute atomic E-state index is 0.246. The van der Waals surface area contributed by atoms with E-state index in [0.717, 1.165) is 5.56 Å².